The van der Waals surface area contributed by atoms with Crippen LogP contribution in [0.1, 0.15) is 48.0 Å². The highest BCUT2D eigenvalue weighted by molar-refractivity contribution is 7.17. The van der Waals surface area contributed by atoms with Crippen LogP contribution in [0, 0.1) is 5.92 Å². The number of amides is 1. The Morgan fingerprint density at radius 2 is 1.88 bits per heavy atom. The van der Waals surface area contributed by atoms with Crippen LogP contribution in [0.3, 0.4) is 0 Å². The molecule has 7 heteroatoms. The average molecular weight is 368 g/mol. The van der Waals surface area contributed by atoms with Gasteiger partial charge in [-0.1, -0.05) is 50.1 Å². The third kappa shape index (κ3) is 4.03. The summed E-state index contributed by atoms with van der Waals surface area (Å²) in [5.74, 6) is -0.403. The standard InChI is InChI=1S/C18H19F3N2OS/c1-11-7-5-6-10-13(11)22-16(24)14-15(18(19,20)21)23-17(25-14)12-8-3-2-4-9-12/h2-4,8-9,11,13H,5-7,10H2,1H3,(H,22,24). The zero-order valence-corrected chi connectivity index (χ0v) is 14.6. The molecule has 3 rings (SSSR count). The second kappa shape index (κ2) is 7.15. The van der Waals surface area contributed by atoms with Gasteiger partial charge in [-0.2, -0.15) is 13.2 Å². The van der Waals surface area contributed by atoms with Gasteiger partial charge in [0.05, 0.1) is 0 Å². The van der Waals surface area contributed by atoms with Crippen LogP contribution in [-0.4, -0.2) is 16.9 Å². The Labute approximate surface area is 148 Å². The van der Waals surface area contributed by atoms with Gasteiger partial charge >= 0.3 is 6.18 Å². The zero-order chi connectivity index (χ0) is 18.0. The van der Waals surface area contributed by atoms with E-state index in [2.05, 4.69) is 10.3 Å². The molecule has 1 aliphatic rings. The molecule has 1 N–H and O–H groups in total. The van der Waals surface area contributed by atoms with E-state index in [-0.39, 0.29) is 21.8 Å². The summed E-state index contributed by atoms with van der Waals surface area (Å²) in [6.07, 6.45) is -0.790. The molecule has 2 atom stereocenters. The molecule has 134 valence electrons. The first-order valence-corrected chi connectivity index (χ1v) is 9.12. The molecule has 1 heterocycles. The number of carbonyl (C=O) groups is 1. The second-order valence-corrected chi connectivity index (χ2v) is 7.40. The molecular formula is C18H19F3N2OS. The number of nitrogens with one attached hydrogen (secondary N) is 1. The first-order valence-electron chi connectivity index (χ1n) is 8.30. The van der Waals surface area contributed by atoms with Crippen molar-refractivity contribution in [1.82, 2.24) is 10.3 Å². The summed E-state index contributed by atoms with van der Waals surface area (Å²) in [5, 5.41) is 3.00. The summed E-state index contributed by atoms with van der Waals surface area (Å²) in [4.78, 5) is 15.9. The summed E-state index contributed by atoms with van der Waals surface area (Å²) < 4.78 is 40.1. The topological polar surface area (TPSA) is 42.0 Å². The van der Waals surface area contributed by atoms with Crippen molar-refractivity contribution in [3.8, 4) is 10.6 Å². The molecule has 1 amide bonds. The number of thiazole rings is 1. The van der Waals surface area contributed by atoms with Gasteiger partial charge in [-0.15, -0.1) is 11.3 Å². The van der Waals surface area contributed by atoms with E-state index in [0.717, 1.165) is 37.0 Å². The van der Waals surface area contributed by atoms with Gasteiger partial charge in [-0.05, 0) is 18.8 Å². The van der Waals surface area contributed by atoms with Crippen molar-refractivity contribution in [2.75, 3.05) is 0 Å². The van der Waals surface area contributed by atoms with E-state index in [1.165, 1.54) is 0 Å². The molecular weight excluding hydrogens is 349 g/mol. The number of nitrogens with zero attached hydrogens (tertiary/aromatic N) is 1. The van der Waals surface area contributed by atoms with Crippen LogP contribution in [0.2, 0.25) is 0 Å². The average Bonchev–Trinajstić information content (AvgIpc) is 3.04. The van der Waals surface area contributed by atoms with Crippen LogP contribution in [0.25, 0.3) is 10.6 Å². The highest BCUT2D eigenvalue weighted by atomic mass is 32.1. The lowest BCUT2D eigenvalue weighted by molar-refractivity contribution is -0.141. The van der Waals surface area contributed by atoms with Gasteiger partial charge in [0.15, 0.2) is 5.69 Å². The lowest BCUT2D eigenvalue weighted by atomic mass is 9.86. The van der Waals surface area contributed by atoms with Crippen molar-refractivity contribution in [3.63, 3.8) is 0 Å². The van der Waals surface area contributed by atoms with Gasteiger partial charge in [0, 0.05) is 11.6 Å². The van der Waals surface area contributed by atoms with Gasteiger partial charge < -0.3 is 5.32 Å². The fourth-order valence-corrected chi connectivity index (χ4v) is 4.13. The van der Waals surface area contributed by atoms with Crippen LogP contribution in [-0.2, 0) is 6.18 Å². The third-order valence-corrected chi connectivity index (χ3v) is 5.65. The summed E-state index contributed by atoms with van der Waals surface area (Å²) >= 11 is 0.794. The number of benzene rings is 1. The molecule has 25 heavy (non-hydrogen) atoms. The Morgan fingerprint density at radius 3 is 2.52 bits per heavy atom. The highest BCUT2D eigenvalue weighted by Gasteiger charge is 2.40. The molecule has 0 spiro atoms. The minimum Gasteiger partial charge on any atom is -0.348 e. The van der Waals surface area contributed by atoms with Crippen LogP contribution >= 0.6 is 11.3 Å². The Balaban J connectivity index is 1.91. The lowest BCUT2D eigenvalue weighted by Crippen LogP contribution is -2.41. The molecule has 1 aliphatic carbocycles. The van der Waals surface area contributed by atoms with Gasteiger partial charge in [0.1, 0.15) is 9.88 Å². The lowest BCUT2D eigenvalue weighted by Gasteiger charge is -2.29. The van der Waals surface area contributed by atoms with Crippen molar-refractivity contribution in [2.24, 2.45) is 5.92 Å². The number of rotatable bonds is 3. The SMILES string of the molecule is CC1CCCCC1NC(=O)c1sc(-c2ccccc2)nc1C(F)(F)F. The summed E-state index contributed by atoms with van der Waals surface area (Å²) in [5.41, 5.74) is -0.527. The summed E-state index contributed by atoms with van der Waals surface area (Å²) in [6, 6.07) is 8.53. The zero-order valence-electron chi connectivity index (χ0n) is 13.8. The smallest absolute Gasteiger partial charge is 0.348 e. The highest BCUT2D eigenvalue weighted by Crippen LogP contribution is 2.38. The summed E-state index contributed by atoms with van der Waals surface area (Å²) in [7, 11) is 0. The molecule has 2 aromatic rings. The molecule has 0 bridgehead atoms. The minimum absolute atomic E-state index is 0.0791. The van der Waals surface area contributed by atoms with Crippen molar-refractivity contribution >= 4 is 17.2 Å². The number of alkyl halides is 3. The van der Waals surface area contributed by atoms with Crippen LogP contribution in [0.15, 0.2) is 30.3 Å². The number of carbonyl (C=O) groups excluding carboxylic acids is 1. The fraction of sp³-hybridized carbons (Fsp3) is 0.444. The van der Waals surface area contributed by atoms with Crippen LogP contribution in [0.5, 0.6) is 0 Å². The van der Waals surface area contributed by atoms with Gasteiger partial charge in [0.2, 0.25) is 0 Å². The number of aromatic nitrogens is 1. The Hall–Kier alpha value is -1.89. The molecule has 1 fully saturated rings. The van der Waals surface area contributed by atoms with Gasteiger partial charge in [0.25, 0.3) is 5.91 Å². The Morgan fingerprint density at radius 1 is 1.20 bits per heavy atom. The van der Waals surface area contributed by atoms with Crippen LogP contribution in [0.4, 0.5) is 13.2 Å². The predicted octanol–water partition coefficient (Wildman–Crippen LogP) is 5.14. The van der Waals surface area contributed by atoms with Crippen molar-refractivity contribution < 1.29 is 18.0 Å². The summed E-state index contributed by atoms with van der Waals surface area (Å²) in [6.45, 7) is 2.02. The maximum absolute atomic E-state index is 13.4. The molecule has 0 aliphatic heterocycles. The van der Waals surface area contributed by atoms with E-state index in [4.69, 9.17) is 0 Å². The van der Waals surface area contributed by atoms with E-state index in [1.54, 1.807) is 30.3 Å². The Bertz CT molecular complexity index is 743. The van der Waals surface area contributed by atoms with E-state index in [1.807, 2.05) is 6.92 Å². The molecule has 0 saturated heterocycles. The number of hydrogen-bond donors (Lipinski definition) is 1. The maximum Gasteiger partial charge on any atom is 0.435 e. The first-order chi connectivity index (χ1) is 11.9. The normalized spacial score (nSPS) is 21.1. The monoisotopic (exact) mass is 368 g/mol. The number of hydrogen-bond acceptors (Lipinski definition) is 3. The maximum atomic E-state index is 13.4. The van der Waals surface area contributed by atoms with E-state index in [9.17, 15) is 18.0 Å². The van der Waals surface area contributed by atoms with E-state index < -0.39 is 17.8 Å². The predicted molar refractivity (Wildman–Crippen MR) is 91.4 cm³/mol. The van der Waals surface area contributed by atoms with Gasteiger partial charge in [-0.25, -0.2) is 4.98 Å². The number of halogens is 3. The quantitative estimate of drug-likeness (QED) is 0.815. The van der Waals surface area contributed by atoms with Gasteiger partial charge in [-0.3, -0.25) is 4.79 Å². The molecule has 3 nitrogen and oxygen atoms in total. The van der Waals surface area contributed by atoms with E-state index in [0.29, 0.717) is 5.56 Å². The molecule has 1 aromatic heterocycles. The largest absolute Gasteiger partial charge is 0.435 e. The first kappa shape index (κ1) is 17.9. The molecule has 1 saturated carbocycles. The Kier molecular flexibility index (Phi) is 5.13. The van der Waals surface area contributed by atoms with Crippen LogP contribution < -0.4 is 5.32 Å². The van der Waals surface area contributed by atoms with Crippen molar-refractivity contribution in [2.45, 2.75) is 44.8 Å². The van der Waals surface area contributed by atoms with E-state index >= 15 is 0 Å². The molecule has 2 unspecified atom stereocenters. The minimum atomic E-state index is -4.66. The second-order valence-electron chi connectivity index (χ2n) is 6.40. The fourth-order valence-electron chi connectivity index (χ4n) is 3.13. The molecule has 0 radical (unpaired) electrons. The third-order valence-electron chi connectivity index (χ3n) is 4.55. The molecule has 1 aromatic carbocycles. The van der Waals surface area contributed by atoms with Crippen molar-refractivity contribution in [1.29, 1.82) is 0 Å². The van der Waals surface area contributed by atoms with Crippen molar-refractivity contribution in [3.05, 3.63) is 40.9 Å².